The van der Waals surface area contributed by atoms with Crippen molar-refractivity contribution in [1.29, 1.82) is 0 Å². The van der Waals surface area contributed by atoms with Crippen LogP contribution in [0, 0.1) is 5.92 Å². The standard InChI is InChI=1S/C21H24N4O3S/c22-19-16-7-3-14(12-28-21(27)24-15-5-6-15)10-17(16)29-20(19)25-18(26)8-4-13-2-1-9-23-11-13/h1-2,4,8-9,11,14-15H,3,5-7,10,12,22H2,(H,24,27)(H,25,26)/b8-4+. The van der Waals surface area contributed by atoms with Crippen molar-refractivity contribution < 1.29 is 14.3 Å². The Morgan fingerprint density at radius 3 is 2.97 bits per heavy atom. The van der Waals surface area contributed by atoms with Crippen molar-refractivity contribution >= 4 is 40.1 Å². The molecule has 1 atom stereocenters. The number of thiophene rings is 1. The monoisotopic (exact) mass is 412 g/mol. The average Bonchev–Trinajstić information content (AvgIpc) is 3.49. The highest BCUT2D eigenvalue weighted by Gasteiger charge is 2.27. The highest BCUT2D eigenvalue weighted by molar-refractivity contribution is 7.17. The Hall–Kier alpha value is -2.87. The summed E-state index contributed by atoms with van der Waals surface area (Å²) in [6.07, 6.45) is 10.9. The molecule has 2 heterocycles. The van der Waals surface area contributed by atoms with Gasteiger partial charge in [-0.15, -0.1) is 11.3 Å². The first kappa shape index (κ1) is 19.4. The van der Waals surface area contributed by atoms with Gasteiger partial charge in [0.2, 0.25) is 5.91 Å². The number of amides is 2. The summed E-state index contributed by atoms with van der Waals surface area (Å²) >= 11 is 1.51. The number of nitrogen functional groups attached to an aromatic ring is 1. The molecule has 4 rings (SSSR count). The molecule has 0 bridgehead atoms. The molecular formula is C21H24N4O3S. The Morgan fingerprint density at radius 2 is 2.21 bits per heavy atom. The van der Waals surface area contributed by atoms with E-state index in [2.05, 4.69) is 15.6 Å². The molecule has 152 valence electrons. The van der Waals surface area contributed by atoms with Crippen molar-refractivity contribution in [1.82, 2.24) is 10.3 Å². The van der Waals surface area contributed by atoms with Crippen molar-refractivity contribution in [3.8, 4) is 0 Å². The molecule has 0 aromatic carbocycles. The lowest BCUT2D eigenvalue weighted by molar-refractivity contribution is -0.111. The topological polar surface area (TPSA) is 106 Å². The predicted molar refractivity (Wildman–Crippen MR) is 114 cm³/mol. The van der Waals surface area contributed by atoms with Crippen LogP contribution in [0.4, 0.5) is 15.5 Å². The Kier molecular flexibility index (Phi) is 5.80. The van der Waals surface area contributed by atoms with Gasteiger partial charge in [0.1, 0.15) is 5.00 Å². The van der Waals surface area contributed by atoms with Gasteiger partial charge in [-0.1, -0.05) is 6.07 Å². The van der Waals surface area contributed by atoms with E-state index in [1.54, 1.807) is 18.5 Å². The molecule has 0 spiro atoms. The molecule has 2 aliphatic carbocycles. The van der Waals surface area contributed by atoms with Crippen molar-refractivity contribution in [2.45, 2.75) is 38.1 Å². The minimum Gasteiger partial charge on any atom is -0.449 e. The number of nitrogens with zero attached hydrogens (tertiary/aromatic N) is 1. The maximum absolute atomic E-state index is 12.3. The van der Waals surface area contributed by atoms with E-state index in [9.17, 15) is 9.59 Å². The van der Waals surface area contributed by atoms with Crippen LogP contribution < -0.4 is 16.4 Å². The van der Waals surface area contributed by atoms with Crippen molar-refractivity contribution in [3.63, 3.8) is 0 Å². The number of hydrogen-bond acceptors (Lipinski definition) is 6. The third kappa shape index (κ3) is 5.14. The summed E-state index contributed by atoms with van der Waals surface area (Å²) < 4.78 is 5.36. The number of nitrogens with two attached hydrogens (primary N) is 1. The number of fused-ring (bicyclic) bond motifs is 1. The summed E-state index contributed by atoms with van der Waals surface area (Å²) in [6, 6.07) is 4.00. The summed E-state index contributed by atoms with van der Waals surface area (Å²) in [6.45, 7) is 0.408. The zero-order valence-electron chi connectivity index (χ0n) is 16.0. The summed E-state index contributed by atoms with van der Waals surface area (Å²) in [7, 11) is 0. The Morgan fingerprint density at radius 1 is 1.34 bits per heavy atom. The van der Waals surface area contributed by atoms with Crippen LogP contribution in [0.5, 0.6) is 0 Å². The molecular weight excluding hydrogens is 388 g/mol. The van der Waals surface area contributed by atoms with E-state index in [1.165, 1.54) is 17.4 Å². The van der Waals surface area contributed by atoms with Gasteiger partial charge >= 0.3 is 6.09 Å². The molecule has 2 aromatic heterocycles. The lowest BCUT2D eigenvalue weighted by Crippen LogP contribution is -2.29. The summed E-state index contributed by atoms with van der Waals surface area (Å²) in [5, 5.41) is 6.40. The summed E-state index contributed by atoms with van der Waals surface area (Å²) in [5.74, 6) is 0.0512. The number of hydrogen-bond donors (Lipinski definition) is 3. The van der Waals surface area contributed by atoms with Crippen LogP contribution in [-0.2, 0) is 22.4 Å². The Labute approximate surface area is 173 Å². The number of rotatable bonds is 6. The Bertz CT molecular complexity index is 922. The van der Waals surface area contributed by atoms with Gasteiger partial charge in [-0.05, 0) is 61.3 Å². The fraction of sp³-hybridized carbons (Fsp3) is 0.381. The fourth-order valence-corrected chi connectivity index (χ4v) is 4.63. The molecule has 2 aromatic rings. The van der Waals surface area contributed by atoms with Gasteiger partial charge in [0.25, 0.3) is 0 Å². The molecule has 29 heavy (non-hydrogen) atoms. The van der Waals surface area contributed by atoms with Gasteiger partial charge in [-0.3, -0.25) is 9.78 Å². The molecule has 0 aliphatic heterocycles. The number of carbonyl (C=O) groups is 2. The van der Waals surface area contributed by atoms with Crippen LogP contribution in [0.1, 0.15) is 35.3 Å². The number of alkyl carbamates (subject to hydrolysis) is 1. The number of anilines is 2. The second-order valence-corrected chi connectivity index (χ2v) is 8.59. The van der Waals surface area contributed by atoms with Gasteiger partial charge in [-0.2, -0.15) is 0 Å². The maximum Gasteiger partial charge on any atom is 0.407 e. The summed E-state index contributed by atoms with van der Waals surface area (Å²) in [5.41, 5.74) is 8.89. The maximum atomic E-state index is 12.3. The fourth-order valence-electron chi connectivity index (χ4n) is 3.34. The zero-order chi connectivity index (χ0) is 20.2. The molecule has 4 N–H and O–H groups in total. The van der Waals surface area contributed by atoms with Crippen LogP contribution in [0.2, 0.25) is 0 Å². The molecule has 0 radical (unpaired) electrons. The van der Waals surface area contributed by atoms with E-state index >= 15 is 0 Å². The number of nitrogens with one attached hydrogen (secondary N) is 2. The smallest absolute Gasteiger partial charge is 0.407 e. The molecule has 1 fully saturated rings. The van der Waals surface area contributed by atoms with E-state index in [0.717, 1.165) is 48.1 Å². The molecule has 7 nitrogen and oxygen atoms in total. The normalized spacial score (nSPS) is 18.3. The van der Waals surface area contributed by atoms with Crippen LogP contribution >= 0.6 is 11.3 Å². The largest absolute Gasteiger partial charge is 0.449 e. The quantitative estimate of drug-likeness (QED) is 0.631. The number of carbonyl (C=O) groups excluding carboxylic acids is 2. The third-order valence-electron chi connectivity index (χ3n) is 5.11. The molecule has 1 unspecified atom stereocenters. The first-order chi connectivity index (χ1) is 14.1. The van der Waals surface area contributed by atoms with Gasteiger partial charge < -0.3 is 21.1 Å². The first-order valence-corrected chi connectivity index (χ1v) is 10.6. The van der Waals surface area contributed by atoms with E-state index in [4.69, 9.17) is 10.5 Å². The molecule has 1 saturated carbocycles. The van der Waals surface area contributed by atoms with Crippen LogP contribution in [0.25, 0.3) is 6.08 Å². The van der Waals surface area contributed by atoms with Gasteiger partial charge in [-0.25, -0.2) is 4.79 Å². The summed E-state index contributed by atoms with van der Waals surface area (Å²) in [4.78, 5) is 29.2. The number of aromatic nitrogens is 1. The Balaban J connectivity index is 1.32. The zero-order valence-corrected chi connectivity index (χ0v) is 16.8. The lowest BCUT2D eigenvalue weighted by Gasteiger charge is -2.22. The van der Waals surface area contributed by atoms with Gasteiger partial charge in [0.05, 0.1) is 12.3 Å². The highest BCUT2D eigenvalue weighted by atomic mass is 32.1. The predicted octanol–water partition coefficient (Wildman–Crippen LogP) is 3.37. The average molecular weight is 413 g/mol. The van der Waals surface area contributed by atoms with Gasteiger partial charge in [0.15, 0.2) is 0 Å². The number of ether oxygens (including phenoxy) is 1. The minimum atomic E-state index is -0.322. The SMILES string of the molecule is Nc1c(NC(=O)/C=C/c2cccnc2)sc2c1CCC(COC(=O)NC1CC1)C2. The van der Waals surface area contributed by atoms with E-state index in [1.807, 2.05) is 12.1 Å². The van der Waals surface area contributed by atoms with Gasteiger partial charge in [0, 0.05) is 29.4 Å². The van der Waals surface area contributed by atoms with E-state index < -0.39 is 0 Å². The molecule has 2 amide bonds. The minimum absolute atomic E-state index is 0.226. The second kappa shape index (κ2) is 8.65. The second-order valence-electron chi connectivity index (χ2n) is 7.48. The van der Waals surface area contributed by atoms with Crippen molar-refractivity contribution in [2.24, 2.45) is 5.92 Å². The van der Waals surface area contributed by atoms with Crippen molar-refractivity contribution in [3.05, 3.63) is 46.6 Å². The highest BCUT2D eigenvalue weighted by Crippen LogP contribution is 2.41. The molecule has 8 heteroatoms. The number of pyridine rings is 1. The lowest BCUT2D eigenvalue weighted by atomic mass is 9.89. The molecule has 0 saturated heterocycles. The van der Waals surface area contributed by atoms with Crippen LogP contribution in [0.15, 0.2) is 30.6 Å². The van der Waals surface area contributed by atoms with E-state index in [-0.39, 0.29) is 17.9 Å². The first-order valence-electron chi connectivity index (χ1n) is 9.81. The van der Waals surface area contributed by atoms with E-state index in [0.29, 0.717) is 23.3 Å². The third-order valence-corrected chi connectivity index (χ3v) is 6.29. The molecule has 2 aliphatic rings. The van der Waals surface area contributed by atoms with Crippen molar-refractivity contribution in [2.75, 3.05) is 17.7 Å². The van der Waals surface area contributed by atoms with Crippen LogP contribution in [-0.4, -0.2) is 29.6 Å². The van der Waals surface area contributed by atoms with Crippen LogP contribution in [0.3, 0.4) is 0 Å².